The van der Waals surface area contributed by atoms with Crippen LogP contribution in [-0.2, 0) is 4.74 Å². The van der Waals surface area contributed by atoms with E-state index in [1.54, 1.807) is 0 Å². The van der Waals surface area contributed by atoms with Crippen LogP contribution in [0.15, 0.2) is 0 Å². The summed E-state index contributed by atoms with van der Waals surface area (Å²) < 4.78 is 31.0. The van der Waals surface area contributed by atoms with Crippen LogP contribution < -0.4 is 5.73 Å². The Labute approximate surface area is 63.7 Å². The highest BCUT2D eigenvalue weighted by molar-refractivity contribution is 5.19. The number of ether oxygens (including phenoxy) is 1. The van der Waals surface area contributed by atoms with E-state index in [0.29, 0.717) is 13.0 Å². The first-order valence-corrected chi connectivity index (χ1v) is 3.81. The van der Waals surface area contributed by atoms with Gasteiger partial charge in [0, 0.05) is 19.1 Å². The zero-order valence-corrected chi connectivity index (χ0v) is 6.15. The number of hydrogen-bond donors (Lipinski definition) is 1. The smallest absolute Gasteiger partial charge is 0.261 e. The highest BCUT2D eigenvalue weighted by Crippen LogP contribution is 2.68. The monoisotopic (exact) mass is 163 g/mol. The first-order valence-electron chi connectivity index (χ1n) is 3.81. The van der Waals surface area contributed by atoms with Gasteiger partial charge in [0.2, 0.25) is 0 Å². The standard InChI is InChI=1S/C7H11F2NO/c8-7(9)5-1-2-11-4-6(5,7)3-10/h5H,1-4,10H2. The molecule has 1 saturated heterocycles. The topological polar surface area (TPSA) is 35.2 Å². The largest absolute Gasteiger partial charge is 0.381 e. The summed E-state index contributed by atoms with van der Waals surface area (Å²) in [5.74, 6) is -3.06. The Balaban J connectivity index is 2.20. The highest BCUT2D eigenvalue weighted by atomic mass is 19.3. The molecule has 1 aliphatic heterocycles. The first kappa shape index (κ1) is 7.43. The van der Waals surface area contributed by atoms with Crippen LogP contribution in [0, 0.1) is 11.3 Å². The van der Waals surface area contributed by atoms with Gasteiger partial charge in [0.15, 0.2) is 0 Å². The van der Waals surface area contributed by atoms with E-state index in [-0.39, 0.29) is 13.2 Å². The van der Waals surface area contributed by atoms with Crippen molar-refractivity contribution >= 4 is 0 Å². The Bertz CT molecular complexity index is 185. The van der Waals surface area contributed by atoms with E-state index in [1.807, 2.05) is 0 Å². The molecule has 0 spiro atoms. The molecular weight excluding hydrogens is 152 g/mol. The molecule has 2 aliphatic rings. The van der Waals surface area contributed by atoms with E-state index >= 15 is 0 Å². The van der Waals surface area contributed by atoms with Crippen LogP contribution in [0.3, 0.4) is 0 Å². The Kier molecular flexibility index (Phi) is 1.30. The van der Waals surface area contributed by atoms with Gasteiger partial charge in [0.05, 0.1) is 12.0 Å². The minimum absolute atomic E-state index is 0.0463. The maximum absolute atomic E-state index is 13.0. The van der Waals surface area contributed by atoms with Gasteiger partial charge in [-0.3, -0.25) is 0 Å². The quantitative estimate of drug-likeness (QED) is 0.615. The van der Waals surface area contributed by atoms with Gasteiger partial charge in [0.25, 0.3) is 5.92 Å². The number of halogens is 2. The Morgan fingerprint density at radius 3 is 2.73 bits per heavy atom. The second-order valence-corrected chi connectivity index (χ2v) is 3.38. The van der Waals surface area contributed by atoms with Crippen LogP contribution in [0.5, 0.6) is 0 Å². The van der Waals surface area contributed by atoms with Crippen LogP contribution in [0.4, 0.5) is 8.78 Å². The third-order valence-corrected chi connectivity index (χ3v) is 2.96. The van der Waals surface area contributed by atoms with Crippen molar-refractivity contribution in [3.05, 3.63) is 0 Å². The maximum Gasteiger partial charge on any atom is 0.261 e. The van der Waals surface area contributed by atoms with Crippen LogP contribution in [0.1, 0.15) is 6.42 Å². The lowest BCUT2D eigenvalue weighted by Crippen LogP contribution is -2.30. The van der Waals surface area contributed by atoms with Crippen LogP contribution in [0.2, 0.25) is 0 Å². The predicted molar refractivity (Wildman–Crippen MR) is 35.4 cm³/mol. The van der Waals surface area contributed by atoms with Gasteiger partial charge in [-0.25, -0.2) is 8.78 Å². The molecule has 2 unspecified atom stereocenters. The zero-order valence-electron chi connectivity index (χ0n) is 6.15. The molecule has 0 aromatic heterocycles. The van der Waals surface area contributed by atoms with Crippen molar-refractivity contribution in [2.24, 2.45) is 17.1 Å². The van der Waals surface area contributed by atoms with Gasteiger partial charge in [-0.2, -0.15) is 0 Å². The van der Waals surface area contributed by atoms with Crippen molar-refractivity contribution < 1.29 is 13.5 Å². The fourth-order valence-electron chi connectivity index (χ4n) is 2.04. The highest BCUT2D eigenvalue weighted by Gasteiger charge is 2.80. The molecule has 11 heavy (non-hydrogen) atoms. The third kappa shape index (κ3) is 0.667. The summed E-state index contributed by atoms with van der Waals surface area (Å²) in [4.78, 5) is 0. The van der Waals surface area contributed by atoms with Crippen LogP contribution in [-0.4, -0.2) is 25.7 Å². The average molecular weight is 163 g/mol. The Morgan fingerprint density at radius 2 is 2.27 bits per heavy atom. The summed E-state index contributed by atoms with van der Waals surface area (Å²) in [5.41, 5.74) is 4.30. The second-order valence-electron chi connectivity index (χ2n) is 3.38. The number of alkyl halides is 2. The van der Waals surface area contributed by atoms with Gasteiger partial charge in [-0.1, -0.05) is 0 Å². The molecule has 2 nitrogen and oxygen atoms in total. The molecule has 0 aromatic carbocycles. The Hall–Kier alpha value is -0.220. The van der Waals surface area contributed by atoms with E-state index in [9.17, 15) is 8.78 Å². The van der Waals surface area contributed by atoms with Crippen molar-refractivity contribution in [2.45, 2.75) is 12.3 Å². The molecule has 2 N–H and O–H groups in total. The van der Waals surface area contributed by atoms with E-state index in [0.717, 1.165) is 0 Å². The van der Waals surface area contributed by atoms with Crippen LogP contribution >= 0.6 is 0 Å². The van der Waals surface area contributed by atoms with Gasteiger partial charge in [0.1, 0.15) is 0 Å². The van der Waals surface area contributed by atoms with Crippen molar-refractivity contribution in [3.8, 4) is 0 Å². The van der Waals surface area contributed by atoms with Crippen LogP contribution in [0.25, 0.3) is 0 Å². The molecule has 4 heteroatoms. The lowest BCUT2D eigenvalue weighted by atomic mass is 10.0. The molecule has 2 atom stereocenters. The second kappa shape index (κ2) is 1.93. The number of fused-ring (bicyclic) bond motifs is 1. The lowest BCUT2D eigenvalue weighted by molar-refractivity contribution is 0.0151. The lowest BCUT2D eigenvalue weighted by Gasteiger charge is -2.18. The molecule has 2 rings (SSSR count). The number of nitrogens with two attached hydrogens (primary N) is 1. The minimum Gasteiger partial charge on any atom is -0.381 e. The predicted octanol–water partition coefficient (Wildman–Crippen LogP) is 0.617. The molecule has 0 amide bonds. The van der Waals surface area contributed by atoms with Gasteiger partial charge < -0.3 is 10.5 Å². The number of hydrogen-bond acceptors (Lipinski definition) is 2. The fourth-order valence-corrected chi connectivity index (χ4v) is 2.04. The molecule has 1 aliphatic carbocycles. The molecule has 0 aromatic rings. The summed E-state index contributed by atoms with van der Waals surface area (Å²) in [7, 11) is 0. The van der Waals surface area contributed by atoms with Crippen molar-refractivity contribution in [3.63, 3.8) is 0 Å². The molecule has 1 heterocycles. The van der Waals surface area contributed by atoms with Crippen molar-refractivity contribution in [1.82, 2.24) is 0 Å². The zero-order chi connectivity index (χ0) is 8.11. The van der Waals surface area contributed by atoms with E-state index in [2.05, 4.69) is 0 Å². The minimum atomic E-state index is -2.56. The molecule has 0 radical (unpaired) electrons. The first-order chi connectivity index (χ1) is 5.15. The Morgan fingerprint density at radius 1 is 1.55 bits per heavy atom. The molecule has 64 valence electrons. The van der Waals surface area contributed by atoms with E-state index < -0.39 is 17.3 Å². The average Bonchev–Trinajstić information content (AvgIpc) is 2.52. The third-order valence-electron chi connectivity index (χ3n) is 2.96. The number of rotatable bonds is 1. The van der Waals surface area contributed by atoms with Crippen molar-refractivity contribution in [2.75, 3.05) is 19.8 Å². The van der Waals surface area contributed by atoms with Gasteiger partial charge >= 0.3 is 0 Å². The maximum atomic E-state index is 13.0. The summed E-state index contributed by atoms with van der Waals surface area (Å²) >= 11 is 0. The molecule has 2 fully saturated rings. The van der Waals surface area contributed by atoms with Crippen molar-refractivity contribution in [1.29, 1.82) is 0 Å². The normalized spacial score (nSPS) is 46.6. The fraction of sp³-hybridized carbons (Fsp3) is 1.00. The summed E-state index contributed by atoms with van der Waals surface area (Å²) in [6.45, 7) is 0.647. The van der Waals surface area contributed by atoms with E-state index in [4.69, 9.17) is 10.5 Å². The SMILES string of the molecule is NCC12COCCC1C2(F)F. The molecular formula is C7H11F2NO. The molecule has 0 bridgehead atoms. The summed E-state index contributed by atoms with van der Waals surface area (Å²) in [6.07, 6.45) is 0.462. The van der Waals surface area contributed by atoms with E-state index in [1.165, 1.54) is 0 Å². The summed E-state index contributed by atoms with van der Waals surface area (Å²) in [5, 5.41) is 0. The summed E-state index contributed by atoms with van der Waals surface area (Å²) in [6, 6.07) is 0. The molecule has 1 saturated carbocycles. The van der Waals surface area contributed by atoms with Gasteiger partial charge in [-0.15, -0.1) is 0 Å². The van der Waals surface area contributed by atoms with Gasteiger partial charge in [-0.05, 0) is 6.42 Å².